The molecule has 37 heavy (non-hydrogen) atoms. The molecule has 0 saturated heterocycles. The van der Waals surface area contributed by atoms with Gasteiger partial charge in [-0.2, -0.15) is 0 Å². The second-order valence-electron chi connectivity index (χ2n) is 9.93. The van der Waals surface area contributed by atoms with Crippen molar-refractivity contribution in [2.24, 2.45) is 0 Å². The molecule has 3 amide bonds. The van der Waals surface area contributed by atoms with Crippen LogP contribution in [0.15, 0.2) is 60.7 Å². The van der Waals surface area contributed by atoms with Crippen molar-refractivity contribution in [2.45, 2.75) is 45.2 Å². The molecule has 3 aliphatic rings. The van der Waals surface area contributed by atoms with Crippen LogP contribution in [0.5, 0.6) is 0 Å². The van der Waals surface area contributed by atoms with Gasteiger partial charge >= 0.3 is 0 Å². The van der Waals surface area contributed by atoms with Crippen LogP contribution >= 0.6 is 0 Å². The van der Waals surface area contributed by atoms with Crippen LogP contribution < -0.4 is 16.0 Å². The van der Waals surface area contributed by atoms with Crippen molar-refractivity contribution in [2.75, 3.05) is 24.2 Å². The fourth-order valence-electron chi connectivity index (χ4n) is 4.98. The molecule has 190 valence electrons. The molecule has 0 radical (unpaired) electrons. The monoisotopic (exact) mass is 496 g/mol. The summed E-state index contributed by atoms with van der Waals surface area (Å²) in [5.74, 6) is -0.181. The number of rotatable bonds is 2. The predicted octanol–water partition coefficient (Wildman–Crippen LogP) is 4.37. The number of amides is 3. The minimum atomic E-state index is -0.625. The number of nitrogens with zero attached hydrogens (tertiary/aromatic N) is 1. The highest BCUT2D eigenvalue weighted by atomic mass is 16.2. The van der Waals surface area contributed by atoms with Crippen LogP contribution in [0.4, 0.5) is 11.4 Å². The van der Waals surface area contributed by atoms with E-state index in [1.54, 1.807) is 11.9 Å². The molecule has 0 unspecified atom stereocenters. The van der Waals surface area contributed by atoms with E-state index in [9.17, 15) is 14.4 Å². The highest BCUT2D eigenvalue weighted by Gasteiger charge is 2.26. The molecule has 4 bridgehead atoms. The van der Waals surface area contributed by atoms with Crippen molar-refractivity contribution in [1.82, 2.24) is 10.2 Å². The molecule has 0 spiro atoms. The number of hydrogen-bond donors (Lipinski definition) is 3. The minimum Gasteiger partial charge on any atom is -0.370 e. The smallest absolute Gasteiger partial charge is 0.251 e. The van der Waals surface area contributed by atoms with Crippen LogP contribution in [0.2, 0.25) is 0 Å². The average molecular weight is 497 g/mol. The fraction of sp³-hybridized carbons (Fsp3) is 0.300. The minimum absolute atomic E-state index is 0.00839. The lowest BCUT2D eigenvalue weighted by Crippen LogP contribution is -2.35. The van der Waals surface area contributed by atoms with Gasteiger partial charge in [0.05, 0.1) is 0 Å². The number of hydrogen-bond acceptors (Lipinski definition) is 4. The lowest BCUT2D eigenvalue weighted by molar-refractivity contribution is -0.131. The zero-order chi connectivity index (χ0) is 25.9. The van der Waals surface area contributed by atoms with Gasteiger partial charge in [0.15, 0.2) is 0 Å². The molecule has 7 heteroatoms. The van der Waals surface area contributed by atoms with Gasteiger partial charge in [0.1, 0.15) is 6.04 Å². The third-order valence-electron chi connectivity index (χ3n) is 7.19. The number of benzene rings is 3. The summed E-state index contributed by atoms with van der Waals surface area (Å²) in [4.78, 5) is 40.4. The summed E-state index contributed by atoms with van der Waals surface area (Å²) in [6.45, 7) is 3.04. The molecule has 3 N–H and O–H groups in total. The van der Waals surface area contributed by atoms with Crippen LogP contribution in [0, 0.1) is 6.92 Å². The van der Waals surface area contributed by atoms with Gasteiger partial charge in [0, 0.05) is 43.5 Å². The van der Waals surface area contributed by atoms with E-state index in [1.165, 1.54) is 0 Å². The van der Waals surface area contributed by atoms with E-state index < -0.39 is 6.04 Å². The average Bonchev–Trinajstić information content (AvgIpc) is 2.89. The van der Waals surface area contributed by atoms with Gasteiger partial charge in [-0.1, -0.05) is 36.4 Å². The van der Waals surface area contributed by atoms with Crippen molar-refractivity contribution < 1.29 is 14.4 Å². The largest absolute Gasteiger partial charge is 0.370 e. The Bertz CT molecular complexity index is 1350. The molecule has 3 aliphatic heterocycles. The van der Waals surface area contributed by atoms with E-state index in [0.29, 0.717) is 25.1 Å². The number of carbonyl (C=O) groups is 3. The number of carbonyl (C=O) groups excluding carboxylic acids is 3. The summed E-state index contributed by atoms with van der Waals surface area (Å²) < 4.78 is 0. The first-order chi connectivity index (χ1) is 17.9. The van der Waals surface area contributed by atoms with Gasteiger partial charge in [-0.3, -0.25) is 14.4 Å². The first kappa shape index (κ1) is 24.6. The summed E-state index contributed by atoms with van der Waals surface area (Å²) in [5.41, 5.74) is 7.11. The van der Waals surface area contributed by atoms with Crippen molar-refractivity contribution in [3.8, 4) is 0 Å². The van der Waals surface area contributed by atoms with E-state index in [2.05, 4.69) is 16.0 Å². The van der Waals surface area contributed by atoms with Crippen LogP contribution in [0.1, 0.15) is 57.1 Å². The first-order valence-corrected chi connectivity index (χ1v) is 12.8. The Morgan fingerprint density at radius 1 is 0.892 bits per heavy atom. The third-order valence-corrected chi connectivity index (χ3v) is 7.19. The van der Waals surface area contributed by atoms with Gasteiger partial charge < -0.3 is 20.9 Å². The molecule has 0 saturated carbocycles. The number of anilines is 2. The van der Waals surface area contributed by atoms with Crippen LogP contribution in [0.25, 0.3) is 0 Å². The van der Waals surface area contributed by atoms with E-state index in [4.69, 9.17) is 0 Å². The molecule has 3 aromatic carbocycles. The fourth-order valence-corrected chi connectivity index (χ4v) is 4.98. The SMILES string of the molecule is Cc1ccc2cc1CN(C)C(=O)[C@H](Nc1ccc3c(c1)C(=O)NCC3)c1ccc(cc1)CCCC(=O)N2. The lowest BCUT2D eigenvalue weighted by atomic mass is 9.98. The van der Waals surface area contributed by atoms with Gasteiger partial charge in [-0.25, -0.2) is 0 Å². The normalized spacial score (nSPS) is 18.2. The molecule has 7 nitrogen and oxygen atoms in total. The molecular formula is C30H32N4O3. The second-order valence-corrected chi connectivity index (χ2v) is 9.93. The molecule has 0 aliphatic carbocycles. The molecule has 3 aromatic rings. The molecule has 0 fully saturated rings. The summed E-state index contributed by atoms with van der Waals surface area (Å²) in [6, 6.07) is 18.9. The van der Waals surface area contributed by atoms with Crippen molar-refractivity contribution in [3.05, 3.63) is 94.0 Å². The van der Waals surface area contributed by atoms with Crippen molar-refractivity contribution >= 4 is 29.1 Å². The van der Waals surface area contributed by atoms with Crippen molar-refractivity contribution in [1.29, 1.82) is 0 Å². The molecular weight excluding hydrogens is 464 g/mol. The van der Waals surface area contributed by atoms with E-state index in [-0.39, 0.29) is 17.7 Å². The zero-order valence-corrected chi connectivity index (χ0v) is 21.3. The van der Waals surface area contributed by atoms with Crippen LogP contribution in [-0.2, 0) is 29.0 Å². The Hall–Kier alpha value is -4.13. The lowest BCUT2D eigenvalue weighted by Gasteiger charge is -2.27. The quantitative estimate of drug-likeness (QED) is 0.492. The highest BCUT2D eigenvalue weighted by Crippen LogP contribution is 2.27. The summed E-state index contributed by atoms with van der Waals surface area (Å²) in [7, 11) is 1.79. The first-order valence-electron chi connectivity index (χ1n) is 12.8. The van der Waals surface area contributed by atoms with Crippen LogP contribution in [0.3, 0.4) is 0 Å². The number of likely N-dealkylation sites (N-methyl/N-ethyl adjacent to an activating group) is 1. The van der Waals surface area contributed by atoms with Gasteiger partial charge in [0.25, 0.3) is 5.91 Å². The maximum Gasteiger partial charge on any atom is 0.251 e. The Morgan fingerprint density at radius 2 is 1.70 bits per heavy atom. The number of fused-ring (bicyclic) bond motifs is 10. The van der Waals surface area contributed by atoms with E-state index >= 15 is 0 Å². The Labute approximate surface area is 217 Å². The van der Waals surface area contributed by atoms with E-state index in [0.717, 1.165) is 58.5 Å². The number of nitrogens with one attached hydrogen (secondary N) is 3. The van der Waals surface area contributed by atoms with Crippen molar-refractivity contribution in [3.63, 3.8) is 0 Å². The third kappa shape index (κ3) is 5.50. The standard InChI is InChI=1S/C30H32N4O3/c1-19-6-12-24-16-23(19)18-34(2)30(37)28(22-9-7-20(8-10-22)4-3-5-27(35)32-24)33-25-13-11-21-14-15-31-29(36)26(21)17-25/h6-13,16-17,28,33H,3-5,14-15,18H2,1-2H3,(H,31,36)(H,32,35)/t28-/m1/s1. The van der Waals surface area contributed by atoms with E-state index in [1.807, 2.05) is 67.6 Å². The summed E-state index contributed by atoms with van der Waals surface area (Å²) in [6.07, 6.45) is 2.76. The second kappa shape index (κ2) is 10.5. The topological polar surface area (TPSA) is 90.5 Å². The molecule has 6 rings (SSSR count). The van der Waals surface area contributed by atoms with Gasteiger partial charge in [-0.05, 0) is 78.3 Å². The zero-order valence-electron chi connectivity index (χ0n) is 21.3. The Balaban J connectivity index is 1.49. The maximum absolute atomic E-state index is 13.9. The highest BCUT2D eigenvalue weighted by molar-refractivity contribution is 5.98. The summed E-state index contributed by atoms with van der Waals surface area (Å²) >= 11 is 0. The Kier molecular flexibility index (Phi) is 6.95. The molecule has 0 aromatic heterocycles. The Morgan fingerprint density at radius 3 is 2.51 bits per heavy atom. The maximum atomic E-state index is 13.9. The predicted molar refractivity (Wildman–Crippen MR) is 145 cm³/mol. The van der Waals surface area contributed by atoms with Gasteiger partial charge in [0.2, 0.25) is 11.8 Å². The molecule has 3 heterocycles. The molecule has 1 atom stereocenters. The van der Waals surface area contributed by atoms with Crippen LogP contribution in [-0.4, -0.2) is 36.2 Å². The van der Waals surface area contributed by atoms with Gasteiger partial charge in [-0.15, -0.1) is 0 Å². The summed E-state index contributed by atoms with van der Waals surface area (Å²) in [5, 5.41) is 9.29. The number of aryl methyl sites for hydroxylation is 2.